The summed E-state index contributed by atoms with van der Waals surface area (Å²) in [5.41, 5.74) is 2.32. The molecule has 0 heterocycles. The number of amides is 2. The number of thioether (sulfide) groups is 1. The van der Waals surface area contributed by atoms with Gasteiger partial charge in [0.05, 0.1) is 12.8 Å². The second kappa shape index (κ2) is 9.71. The van der Waals surface area contributed by atoms with Gasteiger partial charge in [-0.3, -0.25) is 9.59 Å². The van der Waals surface area contributed by atoms with E-state index in [0.717, 1.165) is 29.0 Å². The van der Waals surface area contributed by atoms with Gasteiger partial charge in [-0.25, -0.2) is 0 Å². The first-order valence-electron chi connectivity index (χ1n) is 10.2. The highest BCUT2D eigenvalue weighted by atomic mass is 32.2. The summed E-state index contributed by atoms with van der Waals surface area (Å²) in [5.74, 6) is 0.726. The molecule has 2 N–H and O–H groups in total. The van der Waals surface area contributed by atoms with E-state index >= 15 is 0 Å². The van der Waals surface area contributed by atoms with Crippen molar-refractivity contribution in [1.29, 1.82) is 0 Å². The first-order chi connectivity index (χ1) is 15.1. The smallest absolute Gasteiger partial charge is 0.242 e. The van der Waals surface area contributed by atoms with E-state index in [1.54, 1.807) is 7.11 Å². The SMILES string of the molecule is COc1ccccc1NC(=O)C(Sc1ccc(NC(=O)C2CC2)cc1)c1ccccc1. The molecule has 3 aromatic rings. The van der Waals surface area contributed by atoms with Gasteiger partial charge in [-0.2, -0.15) is 0 Å². The van der Waals surface area contributed by atoms with E-state index in [1.807, 2.05) is 78.9 Å². The molecular weight excluding hydrogens is 408 g/mol. The molecule has 1 aliphatic rings. The minimum atomic E-state index is -0.446. The summed E-state index contributed by atoms with van der Waals surface area (Å²) in [6.45, 7) is 0. The van der Waals surface area contributed by atoms with Crippen LogP contribution in [0.25, 0.3) is 0 Å². The fourth-order valence-corrected chi connectivity index (χ4v) is 4.21. The Hall–Kier alpha value is -3.25. The first-order valence-corrected chi connectivity index (χ1v) is 11.1. The molecule has 1 unspecified atom stereocenters. The lowest BCUT2D eigenvalue weighted by Crippen LogP contribution is -2.19. The Morgan fingerprint density at radius 3 is 2.26 bits per heavy atom. The molecule has 1 saturated carbocycles. The van der Waals surface area contributed by atoms with Crippen molar-refractivity contribution in [3.63, 3.8) is 0 Å². The lowest BCUT2D eigenvalue weighted by atomic mass is 10.1. The third-order valence-electron chi connectivity index (χ3n) is 5.03. The second-order valence-corrected chi connectivity index (χ2v) is 8.56. The van der Waals surface area contributed by atoms with Gasteiger partial charge in [0, 0.05) is 16.5 Å². The zero-order valence-electron chi connectivity index (χ0n) is 17.2. The molecular formula is C25H24N2O3S. The third kappa shape index (κ3) is 5.47. The summed E-state index contributed by atoms with van der Waals surface area (Å²) in [7, 11) is 1.58. The standard InChI is InChI=1S/C25H24N2O3S/c1-30-22-10-6-5-9-21(22)27-25(29)23(17-7-3-2-4-8-17)31-20-15-13-19(14-16-20)26-24(28)18-11-12-18/h2-10,13-16,18,23H,11-12H2,1H3,(H,26,28)(H,27,29). The van der Waals surface area contributed by atoms with Crippen molar-refractivity contribution in [3.8, 4) is 5.75 Å². The maximum atomic E-state index is 13.2. The molecule has 158 valence electrons. The van der Waals surface area contributed by atoms with Gasteiger partial charge in [0.15, 0.2) is 0 Å². The Balaban J connectivity index is 1.51. The summed E-state index contributed by atoms with van der Waals surface area (Å²) >= 11 is 1.46. The summed E-state index contributed by atoms with van der Waals surface area (Å²) < 4.78 is 5.36. The van der Waals surface area contributed by atoms with Gasteiger partial charge in [0.1, 0.15) is 11.0 Å². The van der Waals surface area contributed by atoms with Crippen LogP contribution in [0.2, 0.25) is 0 Å². The molecule has 31 heavy (non-hydrogen) atoms. The molecule has 0 bridgehead atoms. The Labute approximate surface area is 186 Å². The average molecular weight is 433 g/mol. The topological polar surface area (TPSA) is 67.4 Å². The maximum Gasteiger partial charge on any atom is 0.242 e. The van der Waals surface area contributed by atoms with Crippen LogP contribution in [0.4, 0.5) is 11.4 Å². The Morgan fingerprint density at radius 2 is 1.58 bits per heavy atom. The van der Waals surface area contributed by atoms with Gasteiger partial charge in [-0.15, -0.1) is 11.8 Å². The highest BCUT2D eigenvalue weighted by Gasteiger charge is 2.29. The molecule has 0 radical (unpaired) electrons. The van der Waals surface area contributed by atoms with Gasteiger partial charge >= 0.3 is 0 Å². The van der Waals surface area contributed by atoms with E-state index in [2.05, 4.69) is 10.6 Å². The number of benzene rings is 3. The van der Waals surface area contributed by atoms with Gasteiger partial charge in [-0.05, 0) is 54.8 Å². The molecule has 1 fully saturated rings. The van der Waals surface area contributed by atoms with Crippen molar-refractivity contribution in [2.75, 3.05) is 17.7 Å². The van der Waals surface area contributed by atoms with Crippen LogP contribution in [0.5, 0.6) is 5.75 Å². The fourth-order valence-electron chi connectivity index (χ4n) is 3.19. The van der Waals surface area contributed by atoms with Crippen molar-refractivity contribution < 1.29 is 14.3 Å². The number of hydrogen-bond acceptors (Lipinski definition) is 4. The first kappa shape index (κ1) is 21.0. The van der Waals surface area contributed by atoms with Crippen molar-refractivity contribution in [2.45, 2.75) is 23.0 Å². The molecule has 0 aromatic heterocycles. The van der Waals surface area contributed by atoms with Gasteiger partial charge in [-0.1, -0.05) is 42.5 Å². The predicted octanol–water partition coefficient (Wildman–Crippen LogP) is 5.52. The summed E-state index contributed by atoms with van der Waals surface area (Å²) in [6, 6.07) is 24.7. The van der Waals surface area contributed by atoms with Crippen LogP contribution in [0.3, 0.4) is 0 Å². The van der Waals surface area contributed by atoms with Crippen LogP contribution >= 0.6 is 11.8 Å². The molecule has 3 aromatic carbocycles. The minimum absolute atomic E-state index is 0.0822. The highest BCUT2D eigenvalue weighted by molar-refractivity contribution is 8.00. The number of methoxy groups -OCH3 is 1. The monoisotopic (exact) mass is 432 g/mol. The summed E-state index contributed by atoms with van der Waals surface area (Å²) in [6.07, 6.45) is 1.94. The lowest BCUT2D eigenvalue weighted by Gasteiger charge is -2.18. The fraction of sp³-hybridized carbons (Fsp3) is 0.200. The van der Waals surface area contributed by atoms with E-state index in [1.165, 1.54) is 11.8 Å². The summed E-state index contributed by atoms with van der Waals surface area (Å²) in [5, 5.41) is 5.49. The molecule has 1 aliphatic carbocycles. The average Bonchev–Trinajstić information content (AvgIpc) is 3.65. The maximum absolute atomic E-state index is 13.2. The minimum Gasteiger partial charge on any atom is -0.495 e. The van der Waals surface area contributed by atoms with E-state index in [0.29, 0.717) is 11.4 Å². The van der Waals surface area contributed by atoms with Crippen LogP contribution in [0.15, 0.2) is 83.8 Å². The van der Waals surface area contributed by atoms with Crippen molar-refractivity contribution in [1.82, 2.24) is 0 Å². The number of anilines is 2. The lowest BCUT2D eigenvalue weighted by molar-refractivity contribution is -0.117. The second-order valence-electron chi connectivity index (χ2n) is 7.39. The van der Waals surface area contributed by atoms with Crippen molar-refractivity contribution in [3.05, 3.63) is 84.4 Å². The number of rotatable bonds is 8. The van der Waals surface area contributed by atoms with Gasteiger partial charge < -0.3 is 15.4 Å². The van der Waals surface area contributed by atoms with Crippen molar-refractivity contribution in [2.24, 2.45) is 5.92 Å². The largest absolute Gasteiger partial charge is 0.495 e. The van der Waals surface area contributed by atoms with Crippen LogP contribution in [-0.4, -0.2) is 18.9 Å². The highest BCUT2D eigenvalue weighted by Crippen LogP contribution is 2.38. The molecule has 0 aliphatic heterocycles. The van der Waals surface area contributed by atoms with E-state index in [4.69, 9.17) is 4.74 Å². The summed E-state index contributed by atoms with van der Waals surface area (Å²) in [4.78, 5) is 26.1. The zero-order chi connectivity index (χ0) is 21.6. The van der Waals surface area contributed by atoms with Crippen LogP contribution in [0.1, 0.15) is 23.7 Å². The number of ether oxygens (including phenoxy) is 1. The predicted molar refractivity (Wildman–Crippen MR) is 124 cm³/mol. The normalized spacial score (nSPS) is 13.8. The molecule has 5 nitrogen and oxygen atoms in total. The van der Waals surface area contributed by atoms with Gasteiger partial charge in [0.25, 0.3) is 0 Å². The van der Waals surface area contributed by atoms with E-state index in [-0.39, 0.29) is 17.7 Å². The van der Waals surface area contributed by atoms with Crippen LogP contribution < -0.4 is 15.4 Å². The molecule has 2 amide bonds. The van der Waals surface area contributed by atoms with Crippen molar-refractivity contribution >= 4 is 35.0 Å². The number of para-hydroxylation sites is 2. The van der Waals surface area contributed by atoms with Gasteiger partial charge in [0.2, 0.25) is 11.8 Å². The molecule has 6 heteroatoms. The number of nitrogens with one attached hydrogen (secondary N) is 2. The van der Waals surface area contributed by atoms with Crippen LogP contribution in [0, 0.1) is 5.92 Å². The molecule has 0 saturated heterocycles. The number of carbonyl (C=O) groups is 2. The Bertz CT molecular complexity index is 1050. The number of hydrogen-bond donors (Lipinski definition) is 2. The quantitative estimate of drug-likeness (QED) is 0.460. The Morgan fingerprint density at radius 1 is 0.903 bits per heavy atom. The number of carbonyl (C=O) groups excluding carboxylic acids is 2. The van der Waals surface area contributed by atoms with E-state index in [9.17, 15) is 9.59 Å². The van der Waals surface area contributed by atoms with E-state index < -0.39 is 5.25 Å². The molecule has 0 spiro atoms. The third-order valence-corrected chi connectivity index (χ3v) is 6.30. The zero-order valence-corrected chi connectivity index (χ0v) is 18.0. The molecule has 1 atom stereocenters. The molecule has 4 rings (SSSR count). The van der Waals surface area contributed by atoms with Crippen LogP contribution in [-0.2, 0) is 9.59 Å². The Kier molecular flexibility index (Phi) is 6.57.